The van der Waals surface area contributed by atoms with E-state index in [1.54, 1.807) is 0 Å². The van der Waals surface area contributed by atoms with Crippen LogP contribution in [0.2, 0.25) is 0 Å². The molecule has 112 valence electrons. The molecule has 2 rings (SSSR count). The number of halogens is 1. The van der Waals surface area contributed by atoms with Crippen molar-refractivity contribution in [1.29, 1.82) is 0 Å². The van der Waals surface area contributed by atoms with Crippen molar-refractivity contribution in [3.05, 3.63) is 28.2 Å². The predicted octanol–water partition coefficient (Wildman–Crippen LogP) is 3.49. The molecule has 0 spiro atoms. The third-order valence-corrected chi connectivity index (χ3v) is 4.32. The van der Waals surface area contributed by atoms with Crippen LogP contribution in [0.25, 0.3) is 0 Å². The Balaban J connectivity index is 1.88. The molecule has 0 aliphatic heterocycles. The van der Waals surface area contributed by atoms with Crippen LogP contribution in [-0.2, 0) is 6.54 Å². The van der Waals surface area contributed by atoms with Crippen LogP contribution in [0.3, 0.4) is 0 Å². The minimum absolute atomic E-state index is 0.124. The fourth-order valence-corrected chi connectivity index (χ4v) is 3.10. The molecular formula is C16H24BrNO2. The molecule has 3 nitrogen and oxygen atoms in total. The van der Waals surface area contributed by atoms with E-state index < -0.39 is 0 Å². The molecule has 1 saturated carbocycles. The molecular weight excluding hydrogens is 318 g/mol. The van der Waals surface area contributed by atoms with Gasteiger partial charge < -0.3 is 15.2 Å². The largest absolute Gasteiger partial charge is 0.493 e. The first kappa shape index (κ1) is 15.8. The zero-order valence-electron chi connectivity index (χ0n) is 12.1. The SMILES string of the molecule is CCCOc1ccc(Br)cc1CNCC1CCCC1O. The van der Waals surface area contributed by atoms with E-state index in [0.29, 0.717) is 5.92 Å². The van der Waals surface area contributed by atoms with E-state index in [9.17, 15) is 5.11 Å². The van der Waals surface area contributed by atoms with Crippen LogP contribution in [0.1, 0.15) is 38.2 Å². The summed E-state index contributed by atoms with van der Waals surface area (Å²) in [5.74, 6) is 1.36. The Bertz CT molecular complexity index is 425. The molecule has 4 heteroatoms. The standard InChI is InChI=1S/C16H24BrNO2/c1-2-8-20-16-7-6-14(17)9-13(16)11-18-10-12-4-3-5-15(12)19/h6-7,9,12,15,18-19H,2-5,8,10-11H2,1H3. The summed E-state index contributed by atoms with van der Waals surface area (Å²) in [5, 5.41) is 13.3. The number of benzene rings is 1. The zero-order chi connectivity index (χ0) is 14.4. The highest BCUT2D eigenvalue weighted by Gasteiger charge is 2.24. The third-order valence-electron chi connectivity index (χ3n) is 3.83. The fraction of sp³-hybridized carbons (Fsp3) is 0.625. The highest BCUT2D eigenvalue weighted by atomic mass is 79.9. The topological polar surface area (TPSA) is 41.5 Å². The number of aliphatic hydroxyl groups excluding tert-OH is 1. The lowest BCUT2D eigenvalue weighted by molar-refractivity contribution is 0.131. The molecule has 20 heavy (non-hydrogen) atoms. The van der Waals surface area contributed by atoms with Gasteiger partial charge in [-0.3, -0.25) is 0 Å². The number of hydrogen-bond donors (Lipinski definition) is 2. The number of hydrogen-bond acceptors (Lipinski definition) is 3. The lowest BCUT2D eigenvalue weighted by Gasteiger charge is -2.16. The second-order valence-corrected chi connectivity index (χ2v) is 6.41. The van der Waals surface area contributed by atoms with Gasteiger partial charge in [0.1, 0.15) is 5.75 Å². The van der Waals surface area contributed by atoms with E-state index in [0.717, 1.165) is 55.6 Å². The van der Waals surface area contributed by atoms with Gasteiger partial charge in [-0.05, 0) is 43.4 Å². The third kappa shape index (κ3) is 4.47. The maximum atomic E-state index is 9.83. The quantitative estimate of drug-likeness (QED) is 0.797. The summed E-state index contributed by atoms with van der Waals surface area (Å²) in [6.07, 6.45) is 4.12. The monoisotopic (exact) mass is 341 g/mol. The Morgan fingerprint density at radius 2 is 2.25 bits per heavy atom. The van der Waals surface area contributed by atoms with Gasteiger partial charge in [-0.15, -0.1) is 0 Å². The average Bonchev–Trinajstić information content (AvgIpc) is 2.84. The average molecular weight is 342 g/mol. The van der Waals surface area contributed by atoms with Crippen LogP contribution < -0.4 is 10.1 Å². The molecule has 0 bridgehead atoms. The van der Waals surface area contributed by atoms with E-state index in [2.05, 4.69) is 34.2 Å². The molecule has 1 aliphatic carbocycles. The Morgan fingerprint density at radius 1 is 1.40 bits per heavy atom. The van der Waals surface area contributed by atoms with Crippen molar-refractivity contribution in [2.75, 3.05) is 13.2 Å². The Hall–Kier alpha value is -0.580. The molecule has 1 aromatic carbocycles. The number of nitrogens with one attached hydrogen (secondary N) is 1. The van der Waals surface area contributed by atoms with Crippen LogP contribution >= 0.6 is 15.9 Å². The molecule has 1 fully saturated rings. The number of rotatable bonds is 7. The molecule has 0 saturated heterocycles. The minimum atomic E-state index is -0.124. The molecule has 0 amide bonds. The van der Waals surface area contributed by atoms with Crippen molar-refractivity contribution in [3.8, 4) is 5.75 Å². The summed E-state index contributed by atoms with van der Waals surface area (Å²) in [4.78, 5) is 0. The van der Waals surface area contributed by atoms with Gasteiger partial charge in [0.15, 0.2) is 0 Å². The number of ether oxygens (including phenoxy) is 1. The maximum Gasteiger partial charge on any atom is 0.123 e. The van der Waals surface area contributed by atoms with Crippen molar-refractivity contribution in [2.45, 2.75) is 45.3 Å². The van der Waals surface area contributed by atoms with Gasteiger partial charge in [-0.25, -0.2) is 0 Å². The summed E-state index contributed by atoms with van der Waals surface area (Å²) in [6.45, 7) is 4.51. The van der Waals surface area contributed by atoms with E-state index in [-0.39, 0.29) is 6.10 Å². The predicted molar refractivity (Wildman–Crippen MR) is 85.0 cm³/mol. The summed E-state index contributed by atoms with van der Waals surface area (Å²) < 4.78 is 6.84. The summed E-state index contributed by atoms with van der Waals surface area (Å²) >= 11 is 3.51. The van der Waals surface area contributed by atoms with E-state index in [4.69, 9.17) is 4.74 Å². The molecule has 2 atom stereocenters. The Kier molecular flexibility index (Phi) is 6.33. The molecule has 1 aromatic rings. The number of aliphatic hydroxyl groups is 1. The second-order valence-electron chi connectivity index (χ2n) is 5.49. The normalized spacial score (nSPS) is 22.1. The lowest BCUT2D eigenvalue weighted by Crippen LogP contribution is -2.27. The maximum absolute atomic E-state index is 9.83. The van der Waals surface area contributed by atoms with Gasteiger partial charge in [-0.1, -0.05) is 29.3 Å². The highest BCUT2D eigenvalue weighted by Crippen LogP contribution is 2.26. The minimum Gasteiger partial charge on any atom is -0.493 e. The summed E-state index contributed by atoms with van der Waals surface area (Å²) in [6, 6.07) is 6.12. The molecule has 1 aliphatic rings. The van der Waals surface area contributed by atoms with E-state index in [1.807, 2.05) is 12.1 Å². The first-order valence-corrected chi connectivity index (χ1v) is 8.30. The van der Waals surface area contributed by atoms with Crippen molar-refractivity contribution < 1.29 is 9.84 Å². The second kappa shape index (κ2) is 8.01. The fourth-order valence-electron chi connectivity index (χ4n) is 2.69. The molecule has 0 radical (unpaired) electrons. The van der Waals surface area contributed by atoms with Crippen molar-refractivity contribution in [2.24, 2.45) is 5.92 Å². The van der Waals surface area contributed by atoms with Crippen LogP contribution in [0.5, 0.6) is 5.75 Å². The molecule has 2 unspecified atom stereocenters. The molecule has 0 aromatic heterocycles. The van der Waals surface area contributed by atoms with Crippen molar-refractivity contribution >= 4 is 15.9 Å². The summed E-state index contributed by atoms with van der Waals surface area (Å²) in [5.41, 5.74) is 1.17. The highest BCUT2D eigenvalue weighted by molar-refractivity contribution is 9.10. The van der Waals surface area contributed by atoms with Gasteiger partial charge in [0.25, 0.3) is 0 Å². The smallest absolute Gasteiger partial charge is 0.123 e. The van der Waals surface area contributed by atoms with Gasteiger partial charge in [0, 0.05) is 23.1 Å². The van der Waals surface area contributed by atoms with Crippen LogP contribution in [0.4, 0.5) is 0 Å². The first-order valence-electron chi connectivity index (χ1n) is 7.50. The Labute approximate surface area is 129 Å². The van der Waals surface area contributed by atoms with Crippen molar-refractivity contribution in [3.63, 3.8) is 0 Å². The van der Waals surface area contributed by atoms with Gasteiger partial charge in [-0.2, -0.15) is 0 Å². The first-order chi connectivity index (χ1) is 9.70. The van der Waals surface area contributed by atoms with Crippen LogP contribution in [-0.4, -0.2) is 24.4 Å². The van der Waals surface area contributed by atoms with Gasteiger partial charge in [0.2, 0.25) is 0 Å². The van der Waals surface area contributed by atoms with Crippen LogP contribution in [0.15, 0.2) is 22.7 Å². The van der Waals surface area contributed by atoms with Crippen molar-refractivity contribution in [1.82, 2.24) is 5.32 Å². The lowest BCUT2D eigenvalue weighted by atomic mass is 10.1. The Morgan fingerprint density at radius 3 is 2.95 bits per heavy atom. The van der Waals surface area contributed by atoms with Gasteiger partial charge >= 0.3 is 0 Å². The van der Waals surface area contributed by atoms with Crippen LogP contribution in [0, 0.1) is 5.92 Å². The van der Waals surface area contributed by atoms with E-state index in [1.165, 1.54) is 5.56 Å². The zero-order valence-corrected chi connectivity index (χ0v) is 13.7. The molecule has 0 heterocycles. The van der Waals surface area contributed by atoms with E-state index >= 15 is 0 Å². The molecule has 2 N–H and O–H groups in total. The van der Waals surface area contributed by atoms with Gasteiger partial charge in [0.05, 0.1) is 12.7 Å². The summed E-state index contributed by atoms with van der Waals surface area (Å²) in [7, 11) is 0.